The van der Waals surface area contributed by atoms with Crippen molar-refractivity contribution in [2.45, 2.75) is 29.1 Å². The van der Waals surface area contributed by atoms with E-state index in [0.717, 1.165) is 0 Å². The fraction of sp³-hybridized carbons (Fsp3) is 0.714. The number of halogens is 12. The van der Waals surface area contributed by atoms with Crippen LogP contribution in [-0.2, 0) is 0 Å². The predicted molar refractivity (Wildman–Crippen MR) is 38.7 cm³/mol. The van der Waals surface area contributed by atoms with Crippen LogP contribution in [0.5, 0.6) is 0 Å². The van der Waals surface area contributed by atoms with Crippen molar-refractivity contribution in [2.24, 2.45) is 0 Å². The summed E-state index contributed by atoms with van der Waals surface area (Å²) in [5.74, 6) is -24.1. The van der Waals surface area contributed by atoms with Gasteiger partial charge in [-0.25, -0.2) is 8.78 Å². The highest BCUT2D eigenvalue weighted by molar-refractivity contribution is 6.25. The molecule has 1 unspecified atom stereocenters. The van der Waals surface area contributed by atoms with Gasteiger partial charge in [-0.15, -0.1) is 0 Å². The van der Waals surface area contributed by atoms with Crippen molar-refractivity contribution in [1.82, 2.24) is 0 Å². The van der Waals surface area contributed by atoms with Crippen LogP contribution in [0, 0.1) is 0 Å². The highest BCUT2D eigenvalue weighted by atomic mass is 35.5. The van der Waals surface area contributed by atoms with E-state index < -0.39 is 40.5 Å². The Kier molecular flexibility index (Phi) is 3.15. The number of alkyl halides is 11. The van der Waals surface area contributed by atoms with Crippen LogP contribution in [0.1, 0.15) is 0 Å². The minimum atomic E-state index is -6.88. The van der Waals surface area contributed by atoms with Gasteiger partial charge in [0.05, 0.1) is 0 Å². The van der Waals surface area contributed by atoms with Crippen molar-refractivity contribution in [3.63, 3.8) is 0 Å². The van der Waals surface area contributed by atoms with Crippen molar-refractivity contribution in [2.75, 3.05) is 0 Å². The van der Waals surface area contributed by atoms with Gasteiger partial charge >= 0.3 is 29.1 Å². The van der Waals surface area contributed by atoms with E-state index in [4.69, 9.17) is 0 Å². The van der Waals surface area contributed by atoms with Gasteiger partial charge in [0.15, 0.2) is 5.83 Å². The van der Waals surface area contributed by atoms with E-state index in [-0.39, 0.29) is 0 Å². The second-order valence-electron chi connectivity index (χ2n) is 3.48. The standard InChI is InChI=1S/C7ClF11/c8-3(10)2(9)1(5(13,14)15)4(11,12)7(18,19)6(3,16)17. The molecule has 1 rings (SSSR count). The van der Waals surface area contributed by atoms with E-state index in [0.29, 0.717) is 0 Å². The third kappa shape index (κ3) is 1.73. The van der Waals surface area contributed by atoms with E-state index in [2.05, 4.69) is 11.6 Å². The van der Waals surface area contributed by atoms with Gasteiger partial charge in [0.2, 0.25) is 0 Å². The summed E-state index contributed by atoms with van der Waals surface area (Å²) in [4.78, 5) is 0. The lowest BCUT2D eigenvalue weighted by atomic mass is 9.85. The summed E-state index contributed by atoms with van der Waals surface area (Å²) in [6.45, 7) is 0. The maximum atomic E-state index is 12.9. The molecule has 0 aromatic heterocycles. The molecule has 0 radical (unpaired) electrons. The zero-order valence-corrected chi connectivity index (χ0v) is 8.79. The highest BCUT2D eigenvalue weighted by Gasteiger charge is 2.87. The predicted octanol–water partition coefficient (Wildman–Crippen LogP) is 4.60. The van der Waals surface area contributed by atoms with E-state index in [1.807, 2.05) is 0 Å². The van der Waals surface area contributed by atoms with Crippen LogP contribution >= 0.6 is 11.6 Å². The molecule has 112 valence electrons. The molecule has 0 aromatic carbocycles. The summed E-state index contributed by atoms with van der Waals surface area (Å²) in [5, 5.41) is -5.75. The molecule has 0 N–H and O–H groups in total. The Morgan fingerprint density at radius 3 is 1.47 bits per heavy atom. The van der Waals surface area contributed by atoms with Gasteiger partial charge < -0.3 is 0 Å². The second-order valence-corrected chi connectivity index (χ2v) is 4.01. The van der Waals surface area contributed by atoms with Crippen LogP contribution < -0.4 is 0 Å². The van der Waals surface area contributed by atoms with Crippen molar-refractivity contribution in [1.29, 1.82) is 0 Å². The van der Waals surface area contributed by atoms with Crippen LogP contribution in [0.25, 0.3) is 0 Å². The quantitative estimate of drug-likeness (QED) is 0.450. The minimum Gasteiger partial charge on any atom is -0.211 e. The largest absolute Gasteiger partial charge is 0.421 e. The first-order chi connectivity index (χ1) is 8.03. The normalized spacial score (nSPS) is 33.5. The van der Waals surface area contributed by atoms with Gasteiger partial charge in [-0.2, -0.15) is 39.5 Å². The third-order valence-electron chi connectivity index (χ3n) is 2.28. The average Bonchev–Trinajstić information content (AvgIpc) is 2.12. The molecule has 1 atom stereocenters. The SMILES string of the molecule is FC1=C(C(F)(F)F)C(F)(F)C(F)(F)C(F)(F)C1(F)Cl. The van der Waals surface area contributed by atoms with Gasteiger partial charge in [-0.3, -0.25) is 0 Å². The summed E-state index contributed by atoms with van der Waals surface area (Å²) >= 11 is 3.96. The monoisotopic (exact) mass is 328 g/mol. The van der Waals surface area contributed by atoms with E-state index in [1.165, 1.54) is 0 Å². The topological polar surface area (TPSA) is 0 Å². The van der Waals surface area contributed by atoms with Crippen LogP contribution in [0.3, 0.4) is 0 Å². The first-order valence-corrected chi connectivity index (χ1v) is 4.40. The van der Waals surface area contributed by atoms with Crippen LogP contribution in [0.15, 0.2) is 11.4 Å². The smallest absolute Gasteiger partial charge is 0.211 e. The van der Waals surface area contributed by atoms with Crippen LogP contribution in [0.4, 0.5) is 48.3 Å². The Bertz CT molecular complexity index is 429. The minimum absolute atomic E-state index is 3.90. The maximum absolute atomic E-state index is 12.9. The highest BCUT2D eigenvalue weighted by Crippen LogP contribution is 2.64. The Morgan fingerprint density at radius 2 is 1.16 bits per heavy atom. The van der Waals surface area contributed by atoms with Gasteiger partial charge in [-0.1, -0.05) is 11.6 Å². The lowest BCUT2D eigenvalue weighted by Gasteiger charge is -2.42. The Labute approximate surface area is 101 Å². The van der Waals surface area contributed by atoms with Crippen molar-refractivity contribution < 1.29 is 48.3 Å². The van der Waals surface area contributed by atoms with Crippen molar-refractivity contribution in [3.05, 3.63) is 11.4 Å². The molecular weight excluding hydrogens is 329 g/mol. The lowest BCUT2D eigenvalue weighted by Crippen LogP contribution is -2.67. The summed E-state index contributed by atoms with van der Waals surface area (Å²) in [5.41, 5.74) is -4.08. The molecule has 0 saturated heterocycles. The zero-order valence-electron chi connectivity index (χ0n) is 8.04. The van der Waals surface area contributed by atoms with Crippen LogP contribution in [0.2, 0.25) is 0 Å². The van der Waals surface area contributed by atoms with E-state index >= 15 is 0 Å². The molecule has 1 aliphatic carbocycles. The summed E-state index contributed by atoms with van der Waals surface area (Å²) < 4.78 is 138. The zero-order chi connectivity index (χ0) is 15.7. The lowest BCUT2D eigenvalue weighted by molar-refractivity contribution is -0.337. The Hall–Kier alpha value is -0.740. The van der Waals surface area contributed by atoms with Gasteiger partial charge in [-0.05, 0) is 0 Å². The molecule has 0 bridgehead atoms. The maximum Gasteiger partial charge on any atom is 0.421 e. The molecule has 0 spiro atoms. The molecule has 12 heteroatoms. The van der Waals surface area contributed by atoms with E-state index in [9.17, 15) is 48.3 Å². The molecule has 19 heavy (non-hydrogen) atoms. The van der Waals surface area contributed by atoms with Gasteiger partial charge in [0.1, 0.15) is 5.57 Å². The van der Waals surface area contributed by atoms with Crippen molar-refractivity contribution in [3.8, 4) is 0 Å². The molecule has 0 nitrogen and oxygen atoms in total. The first kappa shape index (κ1) is 16.3. The number of allylic oxidation sites excluding steroid dienone is 2. The number of hydrogen-bond donors (Lipinski definition) is 0. The molecule has 0 aliphatic heterocycles. The third-order valence-corrected chi connectivity index (χ3v) is 2.68. The van der Waals surface area contributed by atoms with Gasteiger partial charge in [0.25, 0.3) is 0 Å². The van der Waals surface area contributed by atoms with Crippen molar-refractivity contribution >= 4 is 11.6 Å². The molecule has 0 heterocycles. The first-order valence-electron chi connectivity index (χ1n) is 4.02. The Morgan fingerprint density at radius 1 is 0.789 bits per heavy atom. The molecular formula is C7ClF11. The fourth-order valence-electron chi connectivity index (χ4n) is 1.29. The second kappa shape index (κ2) is 3.67. The summed E-state index contributed by atoms with van der Waals surface area (Å²) in [6, 6.07) is 0. The summed E-state index contributed by atoms with van der Waals surface area (Å²) in [7, 11) is 0. The molecule has 0 saturated carbocycles. The summed E-state index contributed by atoms with van der Waals surface area (Å²) in [6.07, 6.45) is -6.53. The van der Waals surface area contributed by atoms with E-state index in [1.54, 1.807) is 0 Å². The fourth-order valence-corrected chi connectivity index (χ4v) is 1.50. The van der Waals surface area contributed by atoms with Gasteiger partial charge in [0, 0.05) is 0 Å². The number of rotatable bonds is 0. The Balaban J connectivity index is 3.82. The number of hydrogen-bond acceptors (Lipinski definition) is 0. The molecule has 1 aliphatic rings. The molecule has 0 fully saturated rings. The average molecular weight is 329 g/mol. The molecule has 0 aromatic rings. The van der Waals surface area contributed by atoms with Crippen LogP contribution in [-0.4, -0.2) is 29.1 Å². The molecule has 0 amide bonds.